The van der Waals surface area contributed by atoms with E-state index < -0.39 is 0 Å². The molecule has 3 N–H and O–H groups in total. The molecule has 4 aromatic heterocycles. The number of aryl methyl sites for hydroxylation is 1. The first-order valence-corrected chi connectivity index (χ1v) is 10.6. The lowest BCUT2D eigenvalue weighted by Crippen LogP contribution is -2.12. The summed E-state index contributed by atoms with van der Waals surface area (Å²) in [7, 11) is 2.01. The van der Waals surface area contributed by atoms with Crippen molar-refractivity contribution < 1.29 is 0 Å². The van der Waals surface area contributed by atoms with Crippen molar-refractivity contribution in [2.45, 2.75) is 18.9 Å². The molecule has 0 amide bonds. The van der Waals surface area contributed by atoms with E-state index in [4.69, 9.17) is 15.7 Å². The average molecular weight is 422 g/mol. The van der Waals surface area contributed by atoms with Gasteiger partial charge in [0.1, 0.15) is 11.3 Å². The molecular weight excluding hydrogens is 400 g/mol. The third-order valence-electron chi connectivity index (χ3n) is 6.12. The van der Waals surface area contributed by atoms with Crippen LogP contribution in [0.5, 0.6) is 0 Å². The molecule has 5 aromatic rings. The first kappa shape index (κ1) is 18.7. The lowest BCUT2D eigenvalue weighted by atomic mass is 10.1. The molecule has 0 saturated carbocycles. The number of benzene rings is 1. The maximum atomic E-state index is 6.25. The Kier molecular flexibility index (Phi) is 4.26. The maximum absolute atomic E-state index is 6.25. The van der Waals surface area contributed by atoms with Crippen molar-refractivity contribution in [3.05, 3.63) is 78.2 Å². The zero-order valence-electron chi connectivity index (χ0n) is 17.6. The molecule has 1 aromatic carbocycles. The van der Waals surface area contributed by atoms with Gasteiger partial charge in [0.25, 0.3) is 0 Å². The second-order valence-electron chi connectivity index (χ2n) is 7.93. The van der Waals surface area contributed by atoms with Gasteiger partial charge in [0.2, 0.25) is 0 Å². The van der Waals surface area contributed by atoms with E-state index in [9.17, 15) is 0 Å². The van der Waals surface area contributed by atoms with Crippen molar-refractivity contribution in [2.24, 2.45) is 0 Å². The van der Waals surface area contributed by atoms with Gasteiger partial charge in [-0.2, -0.15) is 5.10 Å². The quantitative estimate of drug-likeness (QED) is 0.460. The highest BCUT2D eigenvalue weighted by molar-refractivity contribution is 5.83. The number of nitrogen functional groups attached to an aromatic ring is 1. The van der Waals surface area contributed by atoms with E-state index in [1.807, 2.05) is 43.6 Å². The van der Waals surface area contributed by atoms with Gasteiger partial charge in [-0.05, 0) is 73.5 Å². The van der Waals surface area contributed by atoms with E-state index in [1.54, 1.807) is 17.1 Å². The molecule has 0 fully saturated rings. The fourth-order valence-electron chi connectivity index (χ4n) is 4.55. The second-order valence-corrected chi connectivity index (χ2v) is 7.93. The van der Waals surface area contributed by atoms with Crippen LogP contribution in [0.15, 0.2) is 67.1 Å². The molecule has 8 heteroatoms. The van der Waals surface area contributed by atoms with Crippen LogP contribution in [0, 0.1) is 0 Å². The van der Waals surface area contributed by atoms with E-state index in [-0.39, 0.29) is 0 Å². The fourth-order valence-corrected chi connectivity index (χ4v) is 4.55. The molecule has 0 radical (unpaired) electrons. The van der Waals surface area contributed by atoms with Crippen LogP contribution in [-0.4, -0.2) is 36.3 Å². The summed E-state index contributed by atoms with van der Waals surface area (Å²) >= 11 is 0. The van der Waals surface area contributed by atoms with Gasteiger partial charge < -0.3 is 11.1 Å². The number of aromatic nitrogens is 6. The van der Waals surface area contributed by atoms with Crippen LogP contribution in [0.2, 0.25) is 0 Å². The molecule has 32 heavy (non-hydrogen) atoms. The highest BCUT2D eigenvalue weighted by Crippen LogP contribution is 2.35. The lowest BCUT2D eigenvalue weighted by Gasteiger charge is -2.14. The molecule has 1 aliphatic rings. The van der Waals surface area contributed by atoms with Gasteiger partial charge in [0.15, 0.2) is 17.3 Å². The number of nitrogens with one attached hydrogen (secondary N) is 1. The summed E-state index contributed by atoms with van der Waals surface area (Å²) < 4.78 is 3.82. The minimum Gasteiger partial charge on any atom is -0.383 e. The van der Waals surface area contributed by atoms with E-state index in [0.717, 1.165) is 46.9 Å². The Morgan fingerprint density at radius 2 is 2.00 bits per heavy atom. The van der Waals surface area contributed by atoms with Crippen molar-refractivity contribution in [1.82, 2.24) is 34.6 Å². The van der Waals surface area contributed by atoms with Crippen molar-refractivity contribution in [3.63, 3.8) is 0 Å². The molecule has 8 nitrogen and oxygen atoms in total. The SMILES string of the molecule is CN[C@H]1CCc2cc(-n3c(-c4cccnc4N)nc4ccc(-n5cccn5)nc43)ccc21. The Morgan fingerprint density at radius 3 is 2.81 bits per heavy atom. The Morgan fingerprint density at radius 1 is 1.06 bits per heavy atom. The highest BCUT2D eigenvalue weighted by Gasteiger charge is 2.23. The predicted octanol–water partition coefficient (Wildman–Crippen LogP) is 3.46. The number of anilines is 1. The smallest absolute Gasteiger partial charge is 0.167 e. The largest absolute Gasteiger partial charge is 0.383 e. The summed E-state index contributed by atoms with van der Waals surface area (Å²) in [5.74, 6) is 1.89. The van der Waals surface area contributed by atoms with Crippen LogP contribution < -0.4 is 11.1 Å². The molecule has 0 aliphatic heterocycles. The van der Waals surface area contributed by atoms with Crippen LogP contribution in [0.3, 0.4) is 0 Å². The van der Waals surface area contributed by atoms with Crippen molar-refractivity contribution in [2.75, 3.05) is 12.8 Å². The molecular formula is C24H22N8. The first-order valence-electron chi connectivity index (χ1n) is 10.6. The van der Waals surface area contributed by atoms with Crippen molar-refractivity contribution in [1.29, 1.82) is 0 Å². The Hall–Kier alpha value is -4.04. The molecule has 1 atom stereocenters. The summed E-state index contributed by atoms with van der Waals surface area (Å²) in [6, 6.07) is 16.6. The number of rotatable bonds is 4. The van der Waals surface area contributed by atoms with Crippen molar-refractivity contribution >= 4 is 17.0 Å². The van der Waals surface area contributed by atoms with Gasteiger partial charge in [-0.3, -0.25) is 4.57 Å². The van der Waals surface area contributed by atoms with E-state index in [1.165, 1.54) is 11.1 Å². The van der Waals surface area contributed by atoms with Crippen LogP contribution in [0.25, 0.3) is 34.1 Å². The van der Waals surface area contributed by atoms with Gasteiger partial charge in [-0.1, -0.05) is 6.07 Å². The van der Waals surface area contributed by atoms with Crippen LogP contribution in [0.4, 0.5) is 5.82 Å². The van der Waals surface area contributed by atoms with Crippen LogP contribution >= 0.6 is 0 Å². The maximum Gasteiger partial charge on any atom is 0.167 e. The van der Waals surface area contributed by atoms with Crippen LogP contribution in [-0.2, 0) is 6.42 Å². The van der Waals surface area contributed by atoms with Gasteiger partial charge in [-0.25, -0.2) is 19.6 Å². The predicted molar refractivity (Wildman–Crippen MR) is 124 cm³/mol. The number of pyridine rings is 2. The highest BCUT2D eigenvalue weighted by atomic mass is 15.3. The summed E-state index contributed by atoms with van der Waals surface area (Å²) in [5, 5.41) is 7.73. The van der Waals surface area contributed by atoms with Crippen LogP contribution in [0.1, 0.15) is 23.6 Å². The van der Waals surface area contributed by atoms with Gasteiger partial charge in [-0.15, -0.1) is 0 Å². The summed E-state index contributed by atoms with van der Waals surface area (Å²) in [6.07, 6.45) is 7.45. The first-order chi connectivity index (χ1) is 15.7. The number of nitrogens with two attached hydrogens (primary N) is 1. The molecule has 0 unspecified atom stereocenters. The molecule has 158 valence electrons. The van der Waals surface area contributed by atoms with Gasteiger partial charge in [0.05, 0.1) is 5.56 Å². The zero-order chi connectivity index (χ0) is 21.7. The van der Waals surface area contributed by atoms with Gasteiger partial charge in [0, 0.05) is 30.3 Å². The summed E-state index contributed by atoms with van der Waals surface area (Å²) in [4.78, 5) is 14.1. The zero-order valence-corrected chi connectivity index (χ0v) is 17.6. The molecule has 0 bridgehead atoms. The van der Waals surface area contributed by atoms with Gasteiger partial charge >= 0.3 is 0 Å². The Bertz CT molecular complexity index is 1430. The number of fused-ring (bicyclic) bond motifs is 2. The average Bonchev–Trinajstić information content (AvgIpc) is 3.56. The molecule has 0 saturated heterocycles. The standard InChI is InChI=1S/C24H22N8/c1-26-19-8-5-15-14-16(6-7-17(15)19)32-23(18-4-2-11-27-22(18)25)29-20-9-10-21(30-24(20)32)31-13-3-12-28-31/h2-4,6-7,9-14,19,26H,5,8H2,1H3,(H2,25,27)/t19-/m0/s1. The summed E-state index contributed by atoms with van der Waals surface area (Å²) in [6.45, 7) is 0. The van der Waals surface area contributed by atoms with Crippen molar-refractivity contribution in [3.8, 4) is 22.9 Å². The normalized spacial score (nSPS) is 15.3. The minimum atomic E-state index is 0.400. The van der Waals surface area contributed by atoms with E-state index in [2.05, 4.69) is 38.2 Å². The molecule has 0 spiro atoms. The monoisotopic (exact) mass is 422 g/mol. The Labute approximate surface area is 184 Å². The number of nitrogens with zero attached hydrogens (tertiary/aromatic N) is 6. The molecule has 6 rings (SSSR count). The minimum absolute atomic E-state index is 0.400. The lowest BCUT2D eigenvalue weighted by molar-refractivity contribution is 0.590. The number of hydrogen-bond acceptors (Lipinski definition) is 6. The third kappa shape index (κ3) is 2.88. The van der Waals surface area contributed by atoms with E-state index >= 15 is 0 Å². The molecule has 1 aliphatic carbocycles. The number of hydrogen-bond donors (Lipinski definition) is 2. The van der Waals surface area contributed by atoms with E-state index in [0.29, 0.717) is 11.9 Å². The fraction of sp³-hybridized carbons (Fsp3) is 0.167. The molecule has 4 heterocycles. The second kappa shape index (κ2) is 7.28. The third-order valence-corrected chi connectivity index (χ3v) is 6.12. The Balaban J connectivity index is 1.61. The topological polar surface area (TPSA) is 99.5 Å². The summed E-state index contributed by atoms with van der Waals surface area (Å²) in [5.41, 5.74) is 12.3. The number of imidazole rings is 1.